The van der Waals surface area contributed by atoms with Crippen LogP contribution in [0.5, 0.6) is 0 Å². The van der Waals surface area contributed by atoms with E-state index in [1.165, 1.54) is 9.78 Å². The van der Waals surface area contributed by atoms with Crippen LogP contribution in [-0.2, 0) is 24.3 Å². The predicted octanol–water partition coefficient (Wildman–Crippen LogP) is 2.25. The topological polar surface area (TPSA) is 92.7 Å². The molecule has 0 saturated carbocycles. The van der Waals surface area contributed by atoms with E-state index in [4.69, 9.17) is 10.3 Å². The number of amides is 2. The quantitative estimate of drug-likeness (QED) is 0.817. The van der Waals surface area contributed by atoms with E-state index in [0.29, 0.717) is 12.0 Å². The minimum absolute atomic E-state index is 0.127. The standard InChI is InChI=1S/C19H26N4O3S/c1-5-16(18(20)24)22(4)19(25)15-10-27-17-9-23(7-6-13(15)17)8-14-11(2)21-26-12(14)3/h10,16H,5-9H2,1-4H3,(H2,20,24)/t16-/m1/s1. The summed E-state index contributed by atoms with van der Waals surface area (Å²) >= 11 is 1.61. The zero-order chi connectivity index (χ0) is 19.7. The maximum absolute atomic E-state index is 12.9. The van der Waals surface area contributed by atoms with Gasteiger partial charge in [-0.15, -0.1) is 11.3 Å². The zero-order valence-corrected chi connectivity index (χ0v) is 17.1. The Bertz CT molecular complexity index is 838. The molecular formula is C19H26N4O3S. The largest absolute Gasteiger partial charge is 0.368 e. The van der Waals surface area contributed by atoms with Crippen molar-refractivity contribution in [1.82, 2.24) is 15.0 Å². The Labute approximate surface area is 163 Å². The summed E-state index contributed by atoms with van der Waals surface area (Å²) in [6.07, 6.45) is 1.32. The highest BCUT2D eigenvalue weighted by Crippen LogP contribution is 2.31. The molecule has 1 aliphatic rings. The molecule has 3 rings (SSSR count). The van der Waals surface area contributed by atoms with Gasteiger partial charge >= 0.3 is 0 Å². The molecule has 2 amide bonds. The van der Waals surface area contributed by atoms with Crippen molar-refractivity contribution in [3.8, 4) is 0 Å². The van der Waals surface area contributed by atoms with Crippen molar-refractivity contribution in [2.24, 2.45) is 5.73 Å². The van der Waals surface area contributed by atoms with Crippen LogP contribution in [0.3, 0.4) is 0 Å². The average molecular weight is 391 g/mol. The van der Waals surface area contributed by atoms with Crippen LogP contribution in [0.2, 0.25) is 0 Å². The molecule has 1 aliphatic heterocycles. The molecule has 8 heteroatoms. The average Bonchev–Trinajstić information content (AvgIpc) is 3.19. The first-order valence-electron chi connectivity index (χ1n) is 9.13. The molecule has 0 spiro atoms. The molecule has 2 aromatic rings. The lowest BCUT2D eigenvalue weighted by atomic mass is 10.0. The highest BCUT2D eigenvalue weighted by molar-refractivity contribution is 7.10. The minimum atomic E-state index is -0.576. The van der Waals surface area contributed by atoms with Crippen LogP contribution >= 0.6 is 11.3 Å². The molecule has 2 aromatic heterocycles. The summed E-state index contributed by atoms with van der Waals surface area (Å²) in [4.78, 5) is 29.5. The Kier molecular flexibility index (Phi) is 5.67. The van der Waals surface area contributed by atoms with Crippen molar-refractivity contribution >= 4 is 23.2 Å². The molecule has 3 heterocycles. The van der Waals surface area contributed by atoms with E-state index in [0.717, 1.165) is 48.6 Å². The first-order valence-corrected chi connectivity index (χ1v) is 10.0. The number of thiophene rings is 1. The number of primary amides is 1. The molecule has 0 aromatic carbocycles. The molecule has 27 heavy (non-hydrogen) atoms. The third-order valence-electron chi connectivity index (χ3n) is 5.32. The molecule has 1 atom stereocenters. The number of fused-ring (bicyclic) bond motifs is 1. The van der Waals surface area contributed by atoms with Crippen LogP contribution in [0.4, 0.5) is 0 Å². The fourth-order valence-corrected chi connectivity index (χ4v) is 4.76. The first kappa shape index (κ1) is 19.6. The number of hydrogen-bond donors (Lipinski definition) is 1. The normalized spacial score (nSPS) is 15.4. The van der Waals surface area contributed by atoms with Crippen LogP contribution < -0.4 is 5.73 Å². The lowest BCUT2D eigenvalue weighted by Gasteiger charge is -2.28. The summed E-state index contributed by atoms with van der Waals surface area (Å²) < 4.78 is 5.26. The summed E-state index contributed by atoms with van der Waals surface area (Å²) in [6.45, 7) is 8.21. The van der Waals surface area contributed by atoms with Crippen LogP contribution in [0.1, 0.15) is 51.2 Å². The van der Waals surface area contributed by atoms with Crippen molar-refractivity contribution in [2.45, 2.75) is 52.7 Å². The molecule has 2 N–H and O–H groups in total. The van der Waals surface area contributed by atoms with Crippen LogP contribution in [0.25, 0.3) is 0 Å². The Balaban J connectivity index is 1.75. The molecular weight excluding hydrogens is 364 g/mol. The van der Waals surface area contributed by atoms with E-state index in [9.17, 15) is 9.59 Å². The monoisotopic (exact) mass is 390 g/mol. The van der Waals surface area contributed by atoms with Gasteiger partial charge in [-0.25, -0.2) is 0 Å². The molecule has 7 nitrogen and oxygen atoms in total. The lowest BCUT2D eigenvalue weighted by molar-refractivity contribution is -0.122. The summed E-state index contributed by atoms with van der Waals surface area (Å²) in [7, 11) is 1.65. The summed E-state index contributed by atoms with van der Waals surface area (Å²) in [5.41, 5.74) is 9.31. The van der Waals surface area contributed by atoms with Crippen molar-refractivity contribution in [3.63, 3.8) is 0 Å². The van der Waals surface area contributed by atoms with Gasteiger partial charge in [-0.2, -0.15) is 0 Å². The second-order valence-electron chi connectivity index (χ2n) is 7.06. The van der Waals surface area contributed by atoms with Crippen molar-refractivity contribution in [1.29, 1.82) is 0 Å². The summed E-state index contributed by atoms with van der Waals surface area (Å²) in [6, 6.07) is -0.576. The van der Waals surface area contributed by atoms with E-state index >= 15 is 0 Å². The Morgan fingerprint density at radius 2 is 2.19 bits per heavy atom. The van der Waals surface area contributed by atoms with Gasteiger partial charge in [0.1, 0.15) is 11.8 Å². The van der Waals surface area contributed by atoms with E-state index in [1.54, 1.807) is 18.4 Å². The van der Waals surface area contributed by atoms with Gasteiger partial charge < -0.3 is 15.2 Å². The Hall–Kier alpha value is -2.19. The molecule has 0 bridgehead atoms. The van der Waals surface area contributed by atoms with Crippen molar-refractivity contribution < 1.29 is 14.1 Å². The number of nitrogens with two attached hydrogens (primary N) is 1. The third-order valence-corrected chi connectivity index (χ3v) is 6.34. The maximum Gasteiger partial charge on any atom is 0.255 e. The fourth-order valence-electron chi connectivity index (χ4n) is 3.64. The number of hydrogen-bond acceptors (Lipinski definition) is 6. The van der Waals surface area contributed by atoms with Gasteiger partial charge in [0, 0.05) is 42.5 Å². The van der Waals surface area contributed by atoms with Crippen molar-refractivity contribution in [2.75, 3.05) is 13.6 Å². The number of nitrogens with zero attached hydrogens (tertiary/aromatic N) is 3. The van der Waals surface area contributed by atoms with E-state index in [2.05, 4.69) is 10.1 Å². The number of aromatic nitrogens is 1. The third kappa shape index (κ3) is 3.77. The number of likely N-dealkylation sites (N-methyl/N-ethyl adjacent to an activating group) is 1. The first-order chi connectivity index (χ1) is 12.8. The number of rotatable bonds is 6. The summed E-state index contributed by atoms with van der Waals surface area (Å²) in [5, 5.41) is 5.94. The van der Waals surface area contributed by atoms with Crippen LogP contribution in [0, 0.1) is 13.8 Å². The number of carbonyl (C=O) groups is 2. The van der Waals surface area contributed by atoms with E-state index in [-0.39, 0.29) is 5.91 Å². The van der Waals surface area contributed by atoms with Crippen molar-refractivity contribution in [3.05, 3.63) is 38.4 Å². The zero-order valence-electron chi connectivity index (χ0n) is 16.2. The van der Waals surface area contributed by atoms with Gasteiger partial charge in [0.05, 0.1) is 11.3 Å². The number of aryl methyl sites for hydroxylation is 2. The lowest BCUT2D eigenvalue weighted by Crippen LogP contribution is -2.45. The van der Waals surface area contributed by atoms with Gasteiger partial charge in [0.15, 0.2) is 0 Å². The highest BCUT2D eigenvalue weighted by atomic mass is 32.1. The van der Waals surface area contributed by atoms with Gasteiger partial charge in [-0.3, -0.25) is 14.5 Å². The van der Waals surface area contributed by atoms with E-state index < -0.39 is 11.9 Å². The number of carbonyl (C=O) groups excluding carboxylic acids is 2. The molecule has 0 aliphatic carbocycles. The van der Waals surface area contributed by atoms with E-state index in [1.807, 2.05) is 26.2 Å². The van der Waals surface area contributed by atoms with Gasteiger partial charge in [0.25, 0.3) is 5.91 Å². The molecule has 0 radical (unpaired) electrons. The smallest absolute Gasteiger partial charge is 0.255 e. The molecule has 0 saturated heterocycles. The van der Waals surface area contributed by atoms with Gasteiger partial charge in [-0.1, -0.05) is 12.1 Å². The second kappa shape index (κ2) is 7.82. The molecule has 0 fully saturated rings. The highest BCUT2D eigenvalue weighted by Gasteiger charge is 2.29. The van der Waals surface area contributed by atoms with Crippen LogP contribution in [-0.4, -0.2) is 46.4 Å². The van der Waals surface area contributed by atoms with Gasteiger partial charge in [0.2, 0.25) is 5.91 Å². The second-order valence-corrected chi connectivity index (χ2v) is 8.02. The Morgan fingerprint density at radius 3 is 2.78 bits per heavy atom. The fraction of sp³-hybridized carbons (Fsp3) is 0.526. The van der Waals surface area contributed by atoms with Gasteiger partial charge in [-0.05, 0) is 32.3 Å². The predicted molar refractivity (Wildman–Crippen MR) is 103 cm³/mol. The maximum atomic E-state index is 12.9. The Morgan fingerprint density at radius 1 is 1.44 bits per heavy atom. The SMILES string of the molecule is CC[C@H](C(N)=O)N(C)C(=O)c1csc2c1CCN(Cc1c(C)noc1C)C2. The molecule has 146 valence electrons. The van der Waals surface area contributed by atoms with Crippen LogP contribution in [0.15, 0.2) is 9.90 Å². The summed E-state index contributed by atoms with van der Waals surface area (Å²) in [5.74, 6) is 0.263. The minimum Gasteiger partial charge on any atom is -0.368 e. The molecule has 0 unspecified atom stereocenters.